The van der Waals surface area contributed by atoms with Gasteiger partial charge in [-0.15, -0.1) is 0 Å². The summed E-state index contributed by atoms with van der Waals surface area (Å²) in [5.41, 5.74) is -10.8. The van der Waals surface area contributed by atoms with Gasteiger partial charge in [0.05, 0.1) is 23.2 Å². The molecule has 8 atom stereocenters. The summed E-state index contributed by atoms with van der Waals surface area (Å²) in [4.78, 5) is 0. The van der Waals surface area contributed by atoms with Crippen molar-refractivity contribution in [1.82, 2.24) is 0 Å². The lowest BCUT2D eigenvalue weighted by Crippen LogP contribution is -2.55. The Morgan fingerprint density at radius 3 is 0.919 bits per heavy atom. The summed E-state index contributed by atoms with van der Waals surface area (Å²) in [5.74, 6) is -1.48. The zero-order valence-electron chi connectivity index (χ0n) is 76.2. The van der Waals surface area contributed by atoms with Gasteiger partial charge in [0.1, 0.15) is 0 Å². The SMILES string of the molecule is C.CC(C)(C)C(C)(C)C(C)(C)C.CC1CCC(C(F)(F)F)(C(F)(F)F)CC1.CC1CCC(C(F)(F)F)CC1.CC1CCC2(CC1)CCC(C(F)(F)F)(C(F)(F)F)CC2.CC1CCCC(C(F)(F)F)[C@@H]1C.C[C@@H]1CCCC(C(F)(F)F)C1.C[C@@H]1CCCCC1(C(F)(F)F)C(F)(F)F.C[C@H](C(C)(C)C)C(C)(C)C(F)(F)F.C[C@H]1CC2CCC1(C)CC2.FC(F)F. The highest BCUT2D eigenvalue weighted by atomic mass is 19.5. The first kappa shape index (κ1) is 123. The van der Waals surface area contributed by atoms with Gasteiger partial charge in [-0.2, -0.15) is 145 Å². The summed E-state index contributed by atoms with van der Waals surface area (Å²) in [6.07, 6.45) is -33.2. The molecule has 0 amide bonds. The number of alkyl halides is 33. The number of fused-ring (bicyclic) bond motifs is 3. The van der Waals surface area contributed by atoms with Crippen LogP contribution in [0.3, 0.4) is 0 Å². The maximum Gasteiger partial charge on any atom is 0.403 e. The molecule has 1 spiro atoms. The van der Waals surface area contributed by atoms with E-state index in [1.807, 2.05) is 41.5 Å². The fourth-order valence-corrected chi connectivity index (χ4v) is 18.8. The van der Waals surface area contributed by atoms with Crippen molar-refractivity contribution in [3.8, 4) is 0 Å². The van der Waals surface area contributed by atoms with Crippen LogP contribution in [-0.2, 0) is 0 Å². The van der Waals surface area contributed by atoms with E-state index in [9.17, 15) is 145 Å². The largest absolute Gasteiger partial charge is 0.403 e. The Hall–Kier alpha value is -2.31. The Morgan fingerprint density at radius 2 is 0.667 bits per heavy atom. The molecule has 0 nitrogen and oxygen atoms in total. The summed E-state index contributed by atoms with van der Waals surface area (Å²) >= 11 is 0. The molecule has 3 unspecified atom stereocenters. The van der Waals surface area contributed by atoms with Gasteiger partial charge in [-0.05, 0) is 233 Å². The quantitative estimate of drug-likeness (QED) is 0.230. The predicted molar refractivity (Wildman–Crippen MR) is 422 cm³/mol. The molecule has 0 aromatic heterocycles. The van der Waals surface area contributed by atoms with Crippen LogP contribution in [0.5, 0.6) is 0 Å². The molecule has 742 valence electrons. The lowest BCUT2D eigenvalue weighted by Gasteiger charge is -2.49. The van der Waals surface area contributed by atoms with Gasteiger partial charge in [-0.3, -0.25) is 0 Å². The van der Waals surface area contributed by atoms with Crippen molar-refractivity contribution in [2.24, 2.45) is 131 Å². The van der Waals surface area contributed by atoms with Gasteiger partial charge >= 0.3 is 68.4 Å². The molecule has 0 aliphatic heterocycles. The second-order valence-corrected chi connectivity index (χ2v) is 42.5. The number of hydrogen-bond acceptors (Lipinski definition) is 0. The zero-order valence-corrected chi connectivity index (χ0v) is 76.2. The van der Waals surface area contributed by atoms with Crippen molar-refractivity contribution in [3.63, 3.8) is 0 Å². The van der Waals surface area contributed by atoms with Crippen molar-refractivity contribution in [2.75, 3.05) is 0 Å². The van der Waals surface area contributed by atoms with Gasteiger partial charge in [0.15, 0.2) is 16.2 Å². The van der Waals surface area contributed by atoms with E-state index in [4.69, 9.17) is 0 Å². The van der Waals surface area contributed by atoms with Gasteiger partial charge in [0, 0.05) is 0 Å². The van der Waals surface area contributed by atoms with Crippen LogP contribution in [0.1, 0.15) is 372 Å². The number of rotatable bonds is 1. The predicted octanol–water partition coefficient (Wildman–Crippen LogP) is 38.3. The van der Waals surface area contributed by atoms with Crippen LogP contribution in [-0.4, -0.2) is 68.4 Å². The Labute approximate surface area is 714 Å². The van der Waals surface area contributed by atoms with Crippen LogP contribution in [0.4, 0.5) is 145 Å². The fourth-order valence-electron chi connectivity index (χ4n) is 18.8. The summed E-state index contributed by atoms with van der Waals surface area (Å²) in [6, 6.07) is 0. The molecular weight excluding hydrogens is 1710 g/mol. The fraction of sp³-hybridized carbons (Fsp3) is 1.00. The highest BCUT2D eigenvalue weighted by molar-refractivity contribution is 5.03. The molecular formula is C90H151F33. The number of hydrogen-bond donors (Lipinski definition) is 0. The molecule has 0 heterocycles. The van der Waals surface area contributed by atoms with E-state index < -0.39 is 152 Å². The normalized spacial score (nSPS) is 28.5. The standard InChI is InChI=1S/C14H20F6.C11H24.C10H19F3.C10H18.2C9H12F6.C9H15F3.2C8H13F3.CHF3.CH4/c1-10-2-4-11(5-3-10)6-8-12(9-7-11,13(15,16)17)14(18,19)20;1-9(2,3)11(7,8)10(4,5)6;1-7(8(2,3)4)9(5,6)10(11,12)13;1-8-7-9-3-5-10(8,2)6-4-9;1-6-2-4-7(5-3-6,8(10,11)12)9(13,14)15;1-6-4-2-3-5-7(6,8(10,11)12)9(13,14)15;1-6-4-3-5-8(7(6)2)9(10,11)12;1-6-2-4-7(5-3-6)8(9,10)11;1-6-3-2-4-7(5-6)8(9,10)11;2-1(3)4;/h10H,2-9H2,1H3;1-8H3;7H,1-6H3;8-9H,3-7H2,1-2H3;2*6H,2-5H2,1H3;6-8H,3-5H2,1-2H3;2*6-7H,2-5H2,1H3;1H;1H4/t;;7-;8-,9?,10?;;6-;6?,7-,8?;;6-,7?;;/m..10.11.1../s1. The Morgan fingerprint density at radius 1 is 0.309 bits per heavy atom. The Balaban J connectivity index is 0. The van der Waals surface area contributed by atoms with Gasteiger partial charge in [0.25, 0.3) is 0 Å². The summed E-state index contributed by atoms with van der Waals surface area (Å²) in [5, 5.41) is 0. The van der Waals surface area contributed by atoms with E-state index in [1.54, 1.807) is 20.8 Å². The molecule has 0 aromatic carbocycles. The summed E-state index contributed by atoms with van der Waals surface area (Å²) in [7, 11) is 0. The molecule has 0 N–H and O–H groups in total. The van der Waals surface area contributed by atoms with Gasteiger partial charge in [0.2, 0.25) is 0 Å². The average molecular weight is 1860 g/mol. The van der Waals surface area contributed by atoms with Gasteiger partial charge in [-0.25, -0.2) is 0 Å². The minimum Gasteiger partial charge on any atom is -0.174 e. The molecule has 10 rings (SSSR count). The van der Waals surface area contributed by atoms with Crippen LogP contribution in [0.15, 0.2) is 0 Å². The first-order chi connectivity index (χ1) is 54.0. The van der Waals surface area contributed by atoms with E-state index in [1.165, 1.54) is 46.0 Å². The van der Waals surface area contributed by atoms with Crippen LogP contribution in [0.25, 0.3) is 0 Å². The Bertz CT molecular complexity index is 2800. The molecule has 0 saturated heterocycles. The molecule has 0 aromatic rings. The van der Waals surface area contributed by atoms with E-state index in [-0.39, 0.29) is 80.5 Å². The Kier molecular flexibility index (Phi) is 45.8. The molecule has 10 aliphatic carbocycles. The summed E-state index contributed by atoms with van der Waals surface area (Å²) in [6.45, 7) is 42.0. The van der Waals surface area contributed by atoms with Crippen LogP contribution in [0.2, 0.25) is 0 Å². The molecule has 2 bridgehead atoms. The van der Waals surface area contributed by atoms with Crippen molar-refractivity contribution in [1.29, 1.82) is 0 Å². The number of halogens is 33. The van der Waals surface area contributed by atoms with E-state index in [0.717, 1.165) is 88.4 Å². The first-order valence-electron chi connectivity index (χ1n) is 43.6. The van der Waals surface area contributed by atoms with Crippen molar-refractivity contribution in [2.45, 2.75) is 441 Å². The maximum absolute atomic E-state index is 13.0. The molecule has 10 aliphatic rings. The third-order valence-corrected chi connectivity index (χ3v) is 31.1. The summed E-state index contributed by atoms with van der Waals surface area (Å²) < 4.78 is 405. The lowest BCUT2D eigenvalue weighted by molar-refractivity contribution is -0.364. The van der Waals surface area contributed by atoms with E-state index in [2.05, 4.69) is 76.2 Å². The molecule has 123 heavy (non-hydrogen) atoms. The van der Waals surface area contributed by atoms with Crippen molar-refractivity contribution in [3.05, 3.63) is 0 Å². The minimum absolute atomic E-state index is 0. The molecule has 0 radical (unpaired) electrons. The van der Waals surface area contributed by atoms with Crippen molar-refractivity contribution < 1.29 is 145 Å². The second kappa shape index (κ2) is 45.9. The molecule has 10 saturated carbocycles. The van der Waals surface area contributed by atoms with Gasteiger partial charge in [-0.1, -0.05) is 231 Å². The average Bonchev–Trinajstić information content (AvgIpc) is 0.733. The monoisotopic (exact) mass is 1860 g/mol. The highest BCUT2D eigenvalue weighted by Crippen LogP contribution is 2.66. The van der Waals surface area contributed by atoms with E-state index in [0.29, 0.717) is 66.6 Å². The topological polar surface area (TPSA) is 0 Å². The second-order valence-electron chi connectivity index (χ2n) is 42.5. The van der Waals surface area contributed by atoms with Gasteiger partial charge < -0.3 is 0 Å². The maximum atomic E-state index is 13.0. The third kappa shape index (κ3) is 35.3. The first-order valence-corrected chi connectivity index (χ1v) is 43.6. The van der Waals surface area contributed by atoms with Crippen LogP contribution in [0, 0.1) is 131 Å². The van der Waals surface area contributed by atoms with Crippen LogP contribution < -0.4 is 0 Å². The van der Waals surface area contributed by atoms with Crippen molar-refractivity contribution >= 4 is 0 Å². The lowest BCUT2D eigenvalue weighted by atomic mass is 9.56. The molecule has 10 fully saturated rings. The van der Waals surface area contributed by atoms with E-state index >= 15 is 0 Å². The third-order valence-electron chi connectivity index (χ3n) is 31.1. The zero-order chi connectivity index (χ0) is 96.7. The smallest absolute Gasteiger partial charge is 0.174 e. The molecule has 33 heteroatoms. The van der Waals surface area contributed by atoms with Crippen LogP contribution >= 0.6 is 0 Å². The highest BCUT2D eigenvalue weighted by Gasteiger charge is 2.74. The minimum atomic E-state index is -5.20.